The van der Waals surface area contributed by atoms with Crippen LogP contribution in [0, 0.1) is 0 Å². The predicted octanol–water partition coefficient (Wildman–Crippen LogP) is 1.61. The molecule has 0 spiro atoms. The number of piperazine rings is 1. The second-order valence-electron chi connectivity index (χ2n) is 6.27. The number of carbonyl (C=O) groups excluding carboxylic acids is 1. The summed E-state index contributed by atoms with van der Waals surface area (Å²) in [7, 11) is 0. The average molecular weight is 338 g/mol. The normalized spacial score (nSPS) is 19.5. The van der Waals surface area contributed by atoms with E-state index < -0.39 is 0 Å². The largest absolute Gasteiger partial charge is 0.492 e. The van der Waals surface area contributed by atoms with Crippen molar-refractivity contribution in [2.45, 2.75) is 18.9 Å². The van der Waals surface area contributed by atoms with E-state index in [0.717, 1.165) is 51.3 Å². The lowest BCUT2D eigenvalue weighted by molar-refractivity contribution is -0.122. The Morgan fingerprint density at radius 2 is 1.96 bits per heavy atom. The number of hydrogen-bond acceptors (Lipinski definition) is 4. The molecule has 5 nitrogen and oxygen atoms in total. The summed E-state index contributed by atoms with van der Waals surface area (Å²) in [4.78, 5) is 16.4. The lowest BCUT2D eigenvalue weighted by Crippen LogP contribution is -2.50. The third kappa shape index (κ3) is 5.68. The van der Waals surface area contributed by atoms with Gasteiger partial charge in [-0.2, -0.15) is 0 Å². The lowest BCUT2D eigenvalue weighted by Gasteiger charge is -2.34. The van der Waals surface area contributed by atoms with E-state index in [9.17, 15) is 4.79 Å². The van der Waals surface area contributed by atoms with Gasteiger partial charge in [-0.25, -0.2) is 0 Å². The minimum Gasteiger partial charge on any atom is -0.492 e. The van der Waals surface area contributed by atoms with Gasteiger partial charge in [-0.3, -0.25) is 14.6 Å². The number of nitrogens with zero attached hydrogens (tertiary/aromatic N) is 2. The lowest BCUT2D eigenvalue weighted by atomic mass is 10.3. The molecule has 0 atom stereocenters. The Balaban J connectivity index is 1.30. The summed E-state index contributed by atoms with van der Waals surface area (Å²) in [6.45, 7) is 5.93. The highest BCUT2D eigenvalue weighted by Crippen LogP contribution is 2.18. The van der Waals surface area contributed by atoms with Crippen molar-refractivity contribution in [1.82, 2.24) is 15.1 Å². The SMILES string of the molecule is O=C(CN1CCN(CCOc2cccc(Cl)c2)CC1)NC1CC1. The van der Waals surface area contributed by atoms with Crippen LogP contribution in [0.1, 0.15) is 12.8 Å². The van der Waals surface area contributed by atoms with Gasteiger partial charge in [0.2, 0.25) is 5.91 Å². The molecule has 1 heterocycles. The fraction of sp³-hybridized carbons (Fsp3) is 0.588. The van der Waals surface area contributed by atoms with Crippen molar-refractivity contribution in [1.29, 1.82) is 0 Å². The molecule has 1 saturated carbocycles. The maximum absolute atomic E-state index is 11.8. The third-order valence-corrected chi connectivity index (χ3v) is 4.48. The zero-order valence-electron chi connectivity index (χ0n) is 13.3. The molecule has 1 saturated heterocycles. The summed E-state index contributed by atoms with van der Waals surface area (Å²) < 4.78 is 5.73. The molecule has 1 aliphatic carbocycles. The highest BCUT2D eigenvalue weighted by Gasteiger charge is 2.25. The number of rotatable bonds is 7. The number of benzene rings is 1. The number of nitrogens with one attached hydrogen (secondary N) is 1. The molecule has 6 heteroatoms. The Hall–Kier alpha value is -1.30. The summed E-state index contributed by atoms with van der Waals surface area (Å²) >= 11 is 5.94. The summed E-state index contributed by atoms with van der Waals surface area (Å²) in [5, 5.41) is 3.74. The first kappa shape index (κ1) is 16.6. The van der Waals surface area contributed by atoms with E-state index in [1.54, 1.807) is 0 Å². The van der Waals surface area contributed by atoms with Crippen LogP contribution >= 0.6 is 11.6 Å². The molecule has 0 aromatic heterocycles. The number of hydrogen-bond donors (Lipinski definition) is 1. The van der Waals surface area contributed by atoms with Gasteiger partial charge in [-0.05, 0) is 31.0 Å². The van der Waals surface area contributed by atoms with Crippen LogP contribution in [0.4, 0.5) is 0 Å². The van der Waals surface area contributed by atoms with Crippen LogP contribution in [0.2, 0.25) is 5.02 Å². The van der Waals surface area contributed by atoms with E-state index >= 15 is 0 Å². The predicted molar refractivity (Wildman–Crippen MR) is 91.0 cm³/mol. The number of amides is 1. The molecular formula is C17H24ClN3O2. The molecule has 1 aliphatic heterocycles. The van der Waals surface area contributed by atoms with Crippen LogP contribution in [0.25, 0.3) is 0 Å². The Labute approximate surface area is 142 Å². The Morgan fingerprint density at radius 1 is 1.22 bits per heavy atom. The summed E-state index contributed by atoms with van der Waals surface area (Å²) in [5.74, 6) is 0.984. The average Bonchev–Trinajstić information content (AvgIpc) is 3.33. The molecule has 1 amide bonds. The molecule has 2 aliphatic rings. The fourth-order valence-corrected chi connectivity index (χ4v) is 2.90. The van der Waals surface area contributed by atoms with E-state index in [-0.39, 0.29) is 5.91 Å². The number of halogens is 1. The summed E-state index contributed by atoms with van der Waals surface area (Å²) in [5.41, 5.74) is 0. The van der Waals surface area contributed by atoms with Crippen molar-refractivity contribution in [3.05, 3.63) is 29.3 Å². The van der Waals surface area contributed by atoms with Crippen molar-refractivity contribution in [3.63, 3.8) is 0 Å². The molecule has 0 unspecified atom stereocenters. The maximum atomic E-state index is 11.8. The van der Waals surface area contributed by atoms with Gasteiger partial charge in [0.25, 0.3) is 0 Å². The number of carbonyl (C=O) groups is 1. The molecule has 2 fully saturated rings. The van der Waals surface area contributed by atoms with Crippen LogP contribution < -0.4 is 10.1 Å². The van der Waals surface area contributed by atoms with Crippen molar-refractivity contribution < 1.29 is 9.53 Å². The van der Waals surface area contributed by atoms with E-state index in [4.69, 9.17) is 16.3 Å². The molecule has 23 heavy (non-hydrogen) atoms. The second-order valence-corrected chi connectivity index (χ2v) is 6.70. The zero-order chi connectivity index (χ0) is 16.1. The molecule has 0 bridgehead atoms. The van der Waals surface area contributed by atoms with Crippen LogP contribution in [0.15, 0.2) is 24.3 Å². The monoisotopic (exact) mass is 337 g/mol. The van der Waals surface area contributed by atoms with Gasteiger partial charge in [0.1, 0.15) is 12.4 Å². The first-order valence-electron chi connectivity index (χ1n) is 8.31. The van der Waals surface area contributed by atoms with Crippen LogP contribution in [0.5, 0.6) is 5.75 Å². The molecule has 126 valence electrons. The van der Waals surface area contributed by atoms with Gasteiger partial charge < -0.3 is 10.1 Å². The highest BCUT2D eigenvalue weighted by molar-refractivity contribution is 6.30. The van der Waals surface area contributed by atoms with Crippen molar-refractivity contribution in [3.8, 4) is 5.75 Å². The van der Waals surface area contributed by atoms with Crippen LogP contribution in [-0.4, -0.2) is 67.6 Å². The van der Waals surface area contributed by atoms with Gasteiger partial charge in [0.05, 0.1) is 6.54 Å². The number of ether oxygens (including phenoxy) is 1. The Morgan fingerprint density at radius 3 is 2.65 bits per heavy atom. The van der Waals surface area contributed by atoms with Crippen LogP contribution in [0.3, 0.4) is 0 Å². The topological polar surface area (TPSA) is 44.8 Å². The van der Waals surface area contributed by atoms with Gasteiger partial charge in [-0.1, -0.05) is 17.7 Å². The second kappa shape index (κ2) is 7.99. The van der Waals surface area contributed by atoms with Crippen molar-refractivity contribution >= 4 is 17.5 Å². The molecule has 1 aromatic carbocycles. The first-order chi connectivity index (χ1) is 11.2. The van der Waals surface area contributed by atoms with E-state index in [1.807, 2.05) is 24.3 Å². The van der Waals surface area contributed by atoms with Crippen LogP contribution in [-0.2, 0) is 4.79 Å². The van der Waals surface area contributed by atoms with Crippen molar-refractivity contribution in [2.75, 3.05) is 45.9 Å². The first-order valence-corrected chi connectivity index (χ1v) is 8.69. The molecule has 0 radical (unpaired) electrons. The summed E-state index contributed by atoms with van der Waals surface area (Å²) in [6.07, 6.45) is 2.29. The Bertz CT molecular complexity index is 528. The third-order valence-electron chi connectivity index (χ3n) is 4.25. The quantitative estimate of drug-likeness (QED) is 0.821. The maximum Gasteiger partial charge on any atom is 0.234 e. The molecule has 1 aromatic rings. The van der Waals surface area contributed by atoms with Gasteiger partial charge in [-0.15, -0.1) is 0 Å². The molecule has 3 rings (SSSR count). The zero-order valence-corrected chi connectivity index (χ0v) is 14.1. The van der Waals surface area contributed by atoms with Gasteiger partial charge in [0.15, 0.2) is 0 Å². The van der Waals surface area contributed by atoms with E-state index in [2.05, 4.69) is 15.1 Å². The minimum atomic E-state index is 0.172. The highest BCUT2D eigenvalue weighted by atomic mass is 35.5. The summed E-state index contributed by atoms with van der Waals surface area (Å²) in [6, 6.07) is 7.93. The minimum absolute atomic E-state index is 0.172. The van der Waals surface area contributed by atoms with Gasteiger partial charge in [0, 0.05) is 43.8 Å². The molecule has 1 N–H and O–H groups in total. The Kier molecular flexibility index (Phi) is 5.75. The van der Waals surface area contributed by atoms with E-state index in [1.165, 1.54) is 0 Å². The van der Waals surface area contributed by atoms with Gasteiger partial charge >= 0.3 is 0 Å². The smallest absolute Gasteiger partial charge is 0.234 e. The molecular weight excluding hydrogens is 314 g/mol. The van der Waals surface area contributed by atoms with Crippen molar-refractivity contribution in [2.24, 2.45) is 0 Å². The van der Waals surface area contributed by atoms with E-state index in [0.29, 0.717) is 24.2 Å². The fourth-order valence-electron chi connectivity index (χ4n) is 2.72. The standard InChI is InChI=1S/C17H24ClN3O2/c18-14-2-1-3-16(12-14)23-11-10-20-6-8-21(9-7-20)13-17(22)19-15-4-5-15/h1-3,12,15H,4-11,13H2,(H,19,22).